The number of phenolic OH excluding ortho intramolecular Hbond substituents is 2. The van der Waals surface area contributed by atoms with Gasteiger partial charge >= 0.3 is 11.9 Å². The van der Waals surface area contributed by atoms with Crippen molar-refractivity contribution >= 4 is 11.9 Å². The Morgan fingerprint density at radius 3 is 2.47 bits per heavy atom. The van der Waals surface area contributed by atoms with E-state index < -0.39 is 23.1 Å². The monoisotopic (exact) mass is 461 g/mol. The summed E-state index contributed by atoms with van der Waals surface area (Å²) in [5.74, 6) is -2.36. The summed E-state index contributed by atoms with van der Waals surface area (Å²) in [6, 6.07) is 14.2. The highest BCUT2D eigenvalue weighted by Gasteiger charge is 2.55. The number of hydrogen-bond donors (Lipinski definition) is 4. The highest BCUT2D eigenvalue weighted by Crippen LogP contribution is 2.59. The van der Waals surface area contributed by atoms with Crippen molar-refractivity contribution in [3.8, 4) is 23.0 Å². The smallest absolute Gasteiger partial charge is 0.340 e. The van der Waals surface area contributed by atoms with E-state index in [4.69, 9.17) is 15.2 Å². The summed E-state index contributed by atoms with van der Waals surface area (Å²) in [6.07, 6.45) is 0.00593. The van der Waals surface area contributed by atoms with E-state index in [1.54, 1.807) is 30.3 Å². The van der Waals surface area contributed by atoms with Crippen LogP contribution in [0.4, 0.5) is 0 Å². The molecule has 2 atom stereocenters. The van der Waals surface area contributed by atoms with Crippen molar-refractivity contribution in [3.05, 3.63) is 82.4 Å². The molecule has 0 saturated heterocycles. The van der Waals surface area contributed by atoms with Crippen LogP contribution in [0.15, 0.2) is 54.6 Å². The first-order valence-corrected chi connectivity index (χ1v) is 10.8. The number of rotatable bonds is 4. The van der Waals surface area contributed by atoms with Crippen molar-refractivity contribution in [2.24, 2.45) is 11.7 Å². The molecule has 1 spiro atoms. The topological polar surface area (TPSA) is 139 Å². The van der Waals surface area contributed by atoms with Gasteiger partial charge in [0.1, 0.15) is 28.5 Å². The molecule has 0 bridgehead atoms. The van der Waals surface area contributed by atoms with Gasteiger partial charge in [-0.25, -0.2) is 9.59 Å². The zero-order valence-corrected chi connectivity index (χ0v) is 18.5. The fourth-order valence-electron chi connectivity index (χ4n) is 5.09. The summed E-state index contributed by atoms with van der Waals surface area (Å²) in [6.45, 7) is 3.64. The number of nitrogens with two attached hydrogens (primary N) is 1. The van der Waals surface area contributed by atoms with E-state index in [2.05, 4.69) is 0 Å². The number of benzene rings is 3. The van der Waals surface area contributed by atoms with E-state index in [-0.39, 0.29) is 40.9 Å². The van der Waals surface area contributed by atoms with Gasteiger partial charge < -0.3 is 30.5 Å². The minimum Gasteiger partial charge on any atom is -0.508 e. The zero-order chi connectivity index (χ0) is 24.4. The number of hydrogen-bond acceptors (Lipinski definition) is 7. The van der Waals surface area contributed by atoms with Crippen LogP contribution in [0.3, 0.4) is 0 Å². The van der Waals surface area contributed by atoms with E-state index in [9.17, 15) is 24.9 Å². The minimum atomic E-state index is -2.00. The van der Waals surface area contributed by atoms with Gasteiger partial charge in [-0.3, -0.25) is 0 Å². The standard InChI is InChI=1S/C26H23NO7/c1-13(2)12-25(27,24(31)32)21-19(29)10-9-18-22(21)33-20-11-14(28)7-8-17(20)26(18)16-6-4-3-5-15(16)23(30)34-26/h3-11,13,28-29H,12,27H2,1-2H3,(H,31,32). The SMILES string of the molecule is CC(C)CC(N)(C(=O)O)c1c(O)ccc2c1Oc1cc(O)ccc1C21OC(=O)c2ccccc21. The molecular weight excluding hydrogens is 438 g/mol. The molecule has 5 rings (SSSR count). The molecule has 0 aliphatic carbocycles. The van der Waals surface area contributed by atoms with Gasteiger partial charge in [-0.15, -0.1) is 0 Å². The number of aliphatic carboxylic acids is 1. The second-order valence-corrected chi connectivity index (χ2v) is 9.11. The fourth-order valence-corrected chi connectivity index (χ4v) is 5.09. The number of carboxylic acid groups (broad SMARTS) is 1. The maximum absolute atomic E-state index is 12.9. The van der Waals surface area contributed by atoms with Crippen LogP contribution in [0.25, 0.3) is 0 Å². The number of carboxylic acids is 1. The Morgan fingerprint density at radius 1 is 1.06 bits per heavy atom. The molecule has 0 amide bonds. The summed E-state index contributed by atoms with van der Waals surface area (Å²) in [5.41, 5.74) is 4.52. The number of aromatic hydroxyl groups is 2. The van der Waals surface area contributed by atoms with E-state index in [1.165, 1.54) is 24.3 Å². The van der Waals surface area contributed by atoms with E-state index >= 15 is 0 Å². The lowest BCUT2D eigenvalue weighted by molar-refractivity contribution is -0.144. The largest absolute Gasteiger partial charge is 0.508 e. The van der Waals surface area contributed by atoms with Gasteiger partial charge in [0, 0.05) is 22.8 Å². The molecule has 2 aliphatic heterocycles. The average Bonchev–Trinajstić information content (AvgIpc) is 3.06. The molecule has 0 aromatic heterocycles. The van der Waals surface area contributed by atoms with Crippen LogP contribution in [0, 0.1) is 5.92 Å². The minimum absolute atomic E-state index is 0.00593. The van der Waals surface area contributed by atoms with Crippen molar-refractivity contribution in [1.82, 2.24) is 0 Å². The van der Waals surface area contributed by atoms with Gasteiger partial charge in [0.25, 0.3) is 0 Å². The summed E-state index contributed by atoms with van der Waals surface area (Å²) >= 11 is 0. The predicted octanol–water partition coefficient (Wildman–Crippen LogP) is 3.95. The maximum atomic E-state index is 12.9. The normalized spacial score (nSPS) is 19.6. The first-order valence-electron chi connectivity index (χ1n) is 10.8. The third kappa shape index (κ3) is 2.82. The zero-order valence-electron chi connectivity index (χ0n) is 18.5. The van der Waals surface area contributed by atoms with Crippen molar-refractivity contribution in [3.63, 3.8) is 0 Å². The van der Waals surface area contributed by atoms with Crippen LogP contribution >= 0.6 is 0 Å². The molecule has 3 aromatic carbocycles. The summed E-state index contributed by atoms with van der Waals surface area (Å²) in [4.78, 5) is 25.4. The lowest BCUT2D eigenvalue weighted by atomic mass is 9.74. The maximum Gasteiger partial charge on any atom is 0.340 e. The van der Waals surface area contributed by atoms with Gasteiger partial charge in [0.15, 0.2) is 5.60 Å². The molecule has 174 valence electrons. The van der Waals surface area contributed by atoms with Crippen LogP contribution in [-0.2, 0) is 20.7 Å². The molecular formula is C26H23NO7. The second-order valence-electron chi connectivity index (χ2n) is 9.11. The molecule has 8 heteroatoms. The molecule has 0 radical (unpaired) electrons. The highest BCUT2D eigenvalue weighted by molar-refractivity contribution is 5.97. The van der Waals surface area contributed by atoms with Crippen molar-refractivity contribution in [2.45, 2.75) is 31.4 Å². The van der Waals surface area contributed by atoms with Gasteiger partial charge in [-0.2, -0.15) is 0 Å². The summed E-state index contributed by atoms with van der Waals surface area (Å²) < 4.78 is 12.2. The third-order valence-corrected chi connectivity index (χ3v) is 6.40. The Morgan fingerprint density at radius 2 is 1.76 bits per heavy atom. The Bertz CT molecular complexity index is 1370. The molecule has 8 nitrogen and oxygen atoms in total. The molecule has 2 heterocycles. The van der Waals surface area contributed by atoms with Crippen molar-refractivity contribution < 1.29 is 34.4 Å². The predicted molar refractivity (Wildman–Crippen MR) is 121 cm³/mol. The molecule has 3 aromatic rings. The van der Waals surface area contributed by atoms with Crippen LogP contribution < -0.4 is 10.5 Å². The molecule has 2 aliphatic rings. The Hall–Kier alpha value is -4.04. The van der Waals surface area contributed by atoms with Crippen LogP contribution in [0.5, 0.6) is 23.0 Å². The molecule has 34 heavy (non-hydrogen) atoms. The van der Waals surface area contributed by atoms with E-state index in [0.29, 0.717) is 22.3 Å². The number of ether oxygens (including phenoxy) is 2. The third-order valence-electron chi connectivity index (χ3n) is 6.40. The van der Waals surface area contributed by atoms with Crippen LogP contribution in [0.1, 0.15) is 52.9 Å². The first kappa shape index (κ1) is 21.8. The lowest BCUT2D eigenvalue weighted by Crippen LogP contribution is -2.47. The number of phenols is 2. The molecule has 0 fully saturated rings. The molecule has 5 N–H and O–H groups in total. The average molecular weight is 461 g/mol. The van der Waals surface area contributed by atoms with Gasteiger partial charge in [0.2, 0.25) is 0 Å². The van der Waals surface area contributed by atoms with Gasteiger partial charge in [0.05, 0.1) is 11.1 Å². The highest BCUT2D eigenvalue weighted by atomic mass is 16.6. The number of fused-ring (bicyclic) bond motifs is 6. The Labute approximate surface area is 195 Å². The van der Waals surface area contributed by atoms with Crippen molar-refractivity contribution in [1.29, 1.82) is 0 Å². The van der Waals surface area contributed by atoms with Crippen LogP contribution in [-0.4, -0.2) is 27.3 Å². The van der Waals surface area contributed by atoms with Crippen molar-refractivity contribution in [2.75, 3.05) is 0 Å². The first-order chi connectivity index (χ1) is 16.1. The summed E-state index contributed by atoms with van der Waals surface area (Å²) in [7, 11) is 0. The van der Waals surface area contributed by atoms with E-state index in [1.807, 2.05) is 13.8 Å². The van der Waals surface area contributed by atoms with Gasteiger partial charge in [-0.1, -0.05) is 32.0 Å². The molecule has 0 saturated carbocycles. The Balaban J connectivity index is 1.90. The summed E-state index contributed by atoms with van der Waals surface area (Å²) in [5, 5.41) is 31.2. The fraction of sp³-hybridized carbons (Fsp3) is 0.231. The Kier molecular flexibility index (Phi) is 4.63. The van der Waals surface area contributed by atoms with E-state index in [0.717, 1.165) is 0 Å². The quantitative estimate of drug-likeness (QED) is 0.428. The van der Waals surface area contributed by atoms with Crippen LogP contribution in [0.2, 0.25) is 0 Å². The second kappa shape index (κ2) is 7.23. The lowest BCUT2D eigenvalue weighted by Gasteiger charge is -2.39. The number of carbonyl (C=O) groups excluding carboxylic acids is 1. The number of carbonyl (C=O) groups is 2. The van der Waals surface area contributed by atoms with Gasteiger partial charge in [-0.05, 0) is 42.7 Å². The number of esters is 1. The molecule has 2 unspecified atom stereocenters.